The Bertz CT molecular complexity index is 690. The Labute approximate surface area is 163 Å². The molecule has 1 aromatic rings. The summed E-state index contributed by atoms with van der Waals surface area (Å²) in [7, 11) is 0. The standard InChI is InChI=1S/C21H28F4N2O/c22-19-5-4-14(8-18(19)21(23,24)25)9-26-10-15-16-11-27(12-17(15)16)13-20(28)6-2-1-3-7-20/h4-5,8,15-17,26,28H,1-3,6-7,9-13H2. The summed E-state index contributed by atoms with van der Waals surface area (Å²) in [6.45, 7) is 3.87. The number of nitrogens with zero attached hydrogens (tertiary/aromatic N) is 1. The van der Waals surface area contributed by atoms with Gasteiger partial charge in [-0.25, -0.2) is 4.39 Å². The number of nitrogens with one attached hydrogen (secondary N) is 1. The van der Waals surface area contributed by atoms with Gasteiger partial charge in [0.05, 0.1) is 11.2 Å². The number of β-amino-alcohol motifs (C(OH)–C–C–N with tert-alkyl or cyclic N) is 1. The lowest BCUT2D eigenvalue weighted by molar-refractivity contribution is -0.140. The number of piperidine rings is 1. The number of halogens is 4. The quantitative estimate of drug-likeness (QED) is 0.713. The fourth-order valence-corrected chi connectivity index (χ4v) is 5.24. The highest BCUT2D eigenvalue weighted by Gasteiger charge is 2.55. The third kappa shape index (κ3) is 4.36. The molecule has 0 aromatic heterocycles. The van der Waals surface area contributed by atoms with Crippen molar-refractivity contribution in [3.8, 4) is 0 Å². The zero-order valence-corrected chi connectivity index (χ0v) is 15.9. The number of aliphatic hydroxyl groups is 1. The third-order valence-corrected chi connectivity index (χ3v) is 6.79. The summed E-state index contributed by atoms with van der Waals surface area (Å²) < 4.78 is 51.7. The van der Waals surface area contributed by atoms with Crippen molar-refractivity contribution in [3.05, 3.63) is 35.1 Å². The van der Waals surface area contributed by atoms with Crippen molar-refractivity contribution in [1.29, 1.82) is 0 Å². The van der Waals surface area contributed by atoms with Gasteiger partial charge in [0, 0.05) is 26.2 Å². The predicted molar refractivity (Wildman–Crippen MR) is 98.1 cm³/mol. The Kier molecular flexibility index (Phi) is 5.44. The summed E-state index contributed by atoms with van der Waals surface area (Å²) in [5, 5.41) is 13.9. The first-order valence-corrected chi connectivity index (χ1v) is 10.3. The fraction of sp³-hybridized carbons (Fsp3) is 0.714. The lowest BCUT2D eigenvalue weighted by Crippen LogP contribution is -2.44. The van der Waals surface area contributed by atoms with E-state index in [0.29, 0.717) is 29.9 Å². The molecule has 3 nitrogen and oxygen atoms in total. The van der Waals surface area contributed by atoms with Crippen LogP contribution in [0.1, 0.15) is 43.2 Å². The molecule has 0 radical (unpaired) electrons. The van der Waals surface area contributed by atoms with Crippen LogP contribution in [-0.2, 0) is 12.7 Å². The maximum absolute atomic E-state index is 13.4. The van der Waals surface area contributed by atoms with Gasteiger partial charge >= 0.3 is 6.18 Å². The van der Waals surface area contributed by atoms with Crippen molar-refractivity contribution in [2.75, 3.05) is 26.2 Å². The molecule has 4 rings (SSSR count). The van der Waals surface area contributed by atoms with Crippen LogP contribution in [0.2, 0.25) is 0 Å². The molecule has 0 bridgehead atoms. The summed E-state index contributed by atoms with van der Waals surface area (Å²) in [4.78, 5) is 2.38. The van der Waals surface area contributed by atoms with E-state index in [1.165, 1.54) is 12.5 Å². The number of alkyl halides is 3. The second kappa shape index (κ2) is 7.58. The number of fused-ring (bicyclic) bond motifs is 1. The Morgan fingerprint density at radius 3 is 2.43 bits per heavy atom. The summed E-state index contributed by atoms with van der Waals surface area (Å²) in [6, 6.07) is 3.18. The van der Waals surface area contributed by atoms with Crippen molar-refractivity contribution in [2.24, 2.45) is 17.8 Å². The second-order valence-electron chi connectivity index (χ2n) is 8.91. The normalized spacial score (nSPS) is 29.7. The molecule has 7 heteroatoms. The van der Waals surface area contributed by atoms with Gasteiger partial charge in [-0.05, 0) is 54.8 Å². The van der Waals surface area contributed by atoms with E-state index in [1.807, 2.05) is 0 Å². The molecule has 3 fully saturated rings. The van der Waals surface area contributed by atoms with Crippen molar-refractivity contribution in [1.82, 2.24) is 10.2 Å². The Balaban J connectivity index is 1.21. The van der Waals surface area contributed by atoms with Gasteiger partial charge in [0.1, 0.15) is 5.82 Å². The molecular formula is C21H28F4N2O. The van der Waals surface area contributed by atoms with E-state index >= 15 is 0 Å². The third-order valence-electron chi connectivity index (χ3n) is 6.79. The topological polar surface area (TPSA) is 35.5 Å². The molecule has 0 amide bonds. The summed E-state index contributed by atoms with van der Waals surface area (Å²) in [6.07, 6.45) is 0.592. The van der Waals surface area contributed by atoms with Crippen LogP contribution in [0.15, 0.2) is 18.2 Å². The Morgan fingerprint density at radius 1 is 1.11 bits per heavy atom. The molecule has 2 unspecified atom stereocenters. The molecule has 1 aliphatic heterocycles. The van der Waals surface area contributed by atoms with Gasteiger partial charge < -0.3 is 10.4 Å². The van der Waals surface area contributed by atoms with Gasteiger partial charge in [-0.1, -0.05) is 25.3 Å². The van der Waals surface area contributed by atoms with Crippen LogP contribution in [0.3, 0.4) is 0 Å². The van der Waals surface area contributed by atoms with Gasteiger partial charge in [0.15, 0.2) is 0 Å². The van der Waals surface area contributed by atoms with E-state index in [4.69, 9.17) is 0 Å². The summed E-state index contributed by atoms with van der Waals surface area (Å²) in [5.74, 6) is 0.574. The van der Waals surface area contributed by atoms with Crippen LogP contribution < -0.4 is 5.32 Å². The maximum Gasteiger partial charge on any atom is 0.419 e. The summed E-state index contributed by atoms with van der Waals surface area (Å²) >= 11 is 0. The van der Waals surface area contributed by atoms with Crippen molar-refractivity contribution in [3.63, 3.8) is 0 Å². The molecule has 2 N–H and O–H groups in total. The number of benzene rings is 1. The van der Waals surface area contributed by atoms with Gasteiger partial charge in [-0.2, -0.15) is 13.2 Å². The fourth-order valence-electron chi connectivity index (χ4n) is 5.24. The largest absolute Gasteiger partial charge is 0.419 e. The molecular weight excluding hydrogens is 372 g/mol. The molecule has 3 aliphatic rings. The SMILES string of the molecule is OC1(CN2CC3C(CNCc4ccc(F)c(C(F)(F)F)c4)C3C2)CCCCC1. The number of hydrogen-bond acceptors (Lipinski definition) is 3. The van der Waals surface area contributed by atoms with Crippen LogP contribution >= 0.6 is 0 Å². The second-order valence-corrected chi connectivity index (χ2v) is 8.91. The number of likely N-dealkylation sites (tertiary alicyclic amines) is 1. The monoisotopic (exact) mass is 400 g/mol. The first kappa shape index (κ1) is 20.1. The van der Waals surface area contributed by atoms with Crippen molar-refractivity contribution >= 4 is 0 Å². The van der Waals surface area contributed by atoms with Crippen LogP contribution in [0, 0.1) is 23.6 Å². The summed E-state index contributed by atoms with van der Waals surface area (Å²) in [5.41, 5.74) is -1.27. The Hall–Kier alpha value is -1.18. The molecule has 2 saturated carbocycles. The van der Waals surface area contributed by atoms with E-state index in [1.54, 1.807) is 0 Å². The molecule has 2 aliphatic carbocycles. The highest BCUT2D eigenvalue weighted by Crippen LogP contribution is 2.51. The Morgan fingerprint density at radius 2 is 1.79 bits per heavy atom. The van der Waals surface area contributed by atoms with Crippen LogP contribution in [0.5, 0.6) is 0 Å². The zero-order valence-electron chi connectivity index (χ0n) is 15.9. The van der Waals surface area contributed by atoms with E-state index in [2.05, 4.69) is 10.2 Å². The molecule has 28 heavy (non-hydrogen) atoms. The van der Waals surface area contributed by atoms with Gasteiger partial charge in [0.2, 0.25) is 0 Å². The first-order chi connectivity index (χ1) is 13.3. The highest BCUT2D eigenvalue weighted by molar-refractivity contribution is 5.27. The smallest absolute Gasteiger partial charge is 0.389 e. The molecule has 1 aromatic carbocycles. The first-order valence-electron chi connectivity index (χ1n) is 10.3. The van der Waals surface area contributed by atoms with Gasteiger partial charge in [-0.15, -0.1) is 0 Å². The minimum absolute atomic E-state index is 0.308. The van der Waals surface area contributed by atoms with E-state index in [9.17, 15) is 22.7 Å². The highest BCUT2D eigenvalue weighted by atomic mass is 19.4. The van der Waals surface area contributed by atoms with E-state index < -0.39 is 23.2 Å². The predicted octanol–water partition coefficient (Wildman–Crippen LogP) is 3.81. The van der Waals surface area contributed by atoms with Crippen molar-refractivity contribution < 1.29 is 22.7 Å². The molecule has 1 saturated heterocycles. The van der Waals surface area contributed by atoms with E-state index in [-0.39, 0.29) is 0 Å². The van der Waals surface area contributed by atoms with Gasteiger partial charge in [0.25, 0.3) is 0 Å². The minimum Gasteiger partial charge on any atom is -0.389 e. The van der Waals surface area contributed by atoms with Crippen molar-refractivity contribution in [2.45, 2.75) is 50.4 Å². The number of hydrogen-bond donors (Lipinski definition) is 2. The molecule has 1 heterocycles. The molecule has 0 spiro atoms. The zero-order chi connectivity index (χ0) is 19.9. The van der Waals surface area contributed by atoms with Gasteiger partial charge in [-0.3, -0.25) is 4.90 Å². The van der Waals surface area contributed by atoms with Crippen LogP contribution in [0.4, 0.5) is 17.6 Å². The average Bonchev–Trinajstić information content (AvgIpc) is 3.07. The maximum atomic E-state index is 13.4. The lowest BCUT2D eigenvalue weighted by atomic mass is 9.84. The lowest BCUT2D eigenvalue weighted by Gasteiger charge is -2.36. The average molecular weight is 400 g/mol. The molecule has 156 valence electrons. The minimum atomic E-state index is -4.67. The van der Waals surface area contributed by atoms with Crippen LogP contribution in [-0.4, -0.2) is 41.8 Å². The van der Waals surface area contributed by atoms with Crippen LogP contribution in [0.25, 0.3) is 0 Å². The van der Waals surface area contributed by atoms with E-state index in [0.717, 1.165) is 64.0 Å². The number of rotatable bonds is 6. The molecule has 2 atom stereocenters.